The van der Waals surface area contributed by atoms with E-state index in [1.165, 1.54) is 0 Å². The first-order valence-electron chi connectivity index (χ1n) is 6.49. The average Bonchev–Trinajstić information content (AvgIpc) is 2.68. The van der Waals surface area contributed by atoms with Crippen LogP contribution in [0.4, 0.5) is 5.69 Å². The molecule has 0 atom stereocenters. The van der Waals surface area contributed by atoms with Crippen molar-refractivity contribution in [1.82, 2.24) is 4.90 Å². The van der Waals surface area contributed by atoms with Gasteiger partial charge in [0.1, 0.15) is 0 Å². The van der Waals surface area contributed by atoms with E-state index in [0.717, 1.165) is 50.3 Å². The van der Waals surface area contributed by atoms with Gasteiger partial charge in [-0.05, 0) is 36.5 Å². The van der Waals surface area contributed by atoms with Gasteiger partial charge in [-0.1, -0.05) is 6.07 Å². The van der Waals surface area contributed by atoms with E-state index in [1.807, 2.05) is 17.0 Å². The van der Waals surface area contributed by atoms with Crippen LogP contribution < -0.4 is 5.73 Å². The highest BCUT2D eigenvalue weighted by atomic mass is 16.5. The third-order valence-electron chi connectivity index (χ3n) is 3.83. The summed E-state index contributed by atoms with van der Waals surface area (Å²) >= 11 is 0. The predicted octanol–water partition coefficient (Wildman–Crippen LogP) is 1.65. The fraction of sp³-hybridized carbons (Fsp3) is 0.500. The molecule has 0 radical (unpaired) electrons. The average molecular weight is 246 g/mol. The van der Waals surface area contributed by atoms with Gasteiger partial charge in [0.05, 0.1) is 0 Å². The Bertz CT molecular complexity index is 467. The second-order valence-corrected chi connectivity index (χ2v) is 5.16. The van der Waals surface area contributed by atoms with Gasteiger partial charge in [0, 0.05) is 37.6 Å². The summed E-state index contributed by atoms with van der Waals surface area (Å²) in [5, 5.41) is 0. The molecule has 0 bridgehead atoms. The molecular weight excluding hydrogens is 228 g/mol. The van der Waals surface area contributed by atoms with Gasteiger partial charge in [0.2, 0.25) is 0 Å². The van der Waals surface area contributed by atoms with Gasteiger partial charge in [0.15, 0.2) is 0 Å². The Hall–Kier alpha value is -1.55. The molecule has 1 saturated heterocycles. The van der Waals surface area contributed by atoms with Crippen LogP contribution in [0.5, 0.6) is 0 Å². The van der Waals surface area contributed by atoms with Crippen molar-refractivity contribution in [1.29, 1.82) is 0 Å². The number of nitrogens with two attached hydrogens (primary N) is 1. The number of carbonyl (C=O) groups is 1. The summed E-state index contributed by atoms with van der Waals surface area (Å²) in [6, 6.07) is 5.62. The van der Waals surface area contributed by atoms with Crippen LogP contribution in [0, 0.1) is 5.92 Å². The van der Waals surface area contributed by atoms with E-state index in [-0.39, 0.29) is 5.91 Å². The molecule has 18 heavy (non-hydrogen) atoms. The second kappa shape index (κ2) is 4.61. The lowest BCUT2D eigenvalue weighted by atomic mass is 10.00. The normalized spacial score (nSPS) is 20.2. The highest BCUT2D eigenvalue weighted by Gasteiger charge is 2.29. The fourth-order valence-electron chi connectivity index (χ4n) is 2.77. The van der Waals surface area contributed by atoms with Gasteiger partial charge in [-0.15, -0.1) is 0 Å². The van der Waals surface area contributed by atoms with Gasteiger partial charge >= 0.3 is 0 Å². The van der Waals surface area contributed by atoms with Gasteiger partial charge in [-0.25, -0.2) is 0 Å². The Morgan fingerprint density at radius 2 is 2.11 bits per heavy atom. The topological polar surface area (TPSA) is 55.6 Å². The van der Waals surface area contributed by atoms with Crippen LogP contribution in [-0.4, -0.2) is 30.6 Å². The number of hydrogen-bond donors (Lipinski definition) is 1. The zero-order valence-electron chi connectivity index (χ0n) is 10.4. The summed E-state index contributed by atoms with van der Waals surface area (Å²) in [6.07, 6.45) is 2.12. The molecule has 4 heteroatoms. The number of anilines is 1. The SMILES string of the molecule is Nc1ccc2c(c1)C(=O)N(CC1CCOCC1)C2. The molecule has 2 aliphatic heterocycles. The number of ether oxygens (including phenoxy) is 1. The van der Waals surface area contributed by atoms with Crippen LogP contribution in [0.15, 0.2) is 18.2 Å². The number of benzene rings is 1. The quantitative estimate of drug-likeness (QED) is 0.807. The molecule has 0 aromatic heterocycles. The monoisotopic (exact) mass is 246 g/mol. The Balaban J connectivity index is 1.71. The lowest BCUT2D eigenvalue weighted by molar-refractivity contribution is 0.0469. The zero-order valence-corrected chi connectivity index (χ0v) is 10.4. The van der Waals surface area contributed by atoms with Crippen molar-refractivity contribution in [2.24, 2.45) is 5.92 Å². The maximum absolute atomic E-state index is 12.3. The first kappa shape index (κ1) is 11.5. The maximum Gasteiger partial charge on any atom is 0.254 e. The minimum absolute atomic E-state index is 0.129. The maximum atomic E-state index is 12.3. The molecule has 4 nitrogen and oxygen atoms in total. The highest BCUT2D eigenvalue weighted by Crippen LogP contribution is 2.27. The molecule has 0 saturated carbocycles. The number of rotatable bonds is 2. The summed E-state index contributed by atoms with van der Waals surface area (Å²) in [4.78, 5) is 14.2. The van der Waals surface area contributed by atoms with Gasteiger partial charge in [-0.2, -0.15) is 0 Å². The van der Waals surface area contributed by atoms with E-state index in [4.69, 9.17) is 10.5 Å². The number of nitrogen functional groups attached to an aromatic ring is 1. The summed E-state index contributed by atoms with van der Waals surface area (Å²) in [5.41, 5.74) is 8.28. The van der Waals surface area contributed by atoms with Crippen LogP contribution in [0.1, 0.15) is 28.8 Å². The molecule has 0 unspecified atom stereocenters. The first-order valence-corrected chi connectivity index (χ1v) is 6.49. The van der Waals surface area contributed by atoms with Crippen molar-refractivity contribution in [3.63, 3.8) is 0 Å². The van der Waals surface area contributed by atoms with Crippen LogP contribution in [-0.2, 0) is 11.3 Å². The number of amides is 1. The number of carbonyl (C=O) groups excluding carboxylic acids is 1. The lowest BCUT2D eigenvalue weighted by Crippen LogP contribution is -2.32. The molecule has 1 aromatic rings. The van der Waals surface area contributed by atoms with E-state index >= 15 is 0 Å². The third kappa shape index (κ3) is 2.08. The van der Waals surface area contributed by atoms with Crippen LogP contribution in [0.2, 0.25) is 0 Å². The molecule has 2 heterocycles. The van der Waals surface area contributed by atoms with Crippen molar-refractivity contribution < 1.29 is 9.53 Å². The van der Waals surface area contributed by atoms with Crippen LogP contribution in [0.25, 0.3) is 0 Å². The van der Waals surface area contributed by atoms with E-state index in [2.05, 4.69) is 0 Å². The second-order valence-electron chi connectivity index (χ2n) is 5.16. The lowest BCUT2D eigenvalue weighted by Gasteiger charge is -2.26. The largest absolute Gasteiger partial charge is 0.399 e. The van der Waals surface area contributed by atoms with Crippen LogP contribution >= 0.6 is 0 Å². The molecule has 2 aliphatic rings. The van der Waals surface area contributed by atoms with Crippen LogP contribution in [0.3, 0.4) is 0 Å². The number of hydrogen-bond acceptors (Lipinski definition) is 3. The molecule has 3 rings (SSSR count). The van der Waals surface area contributed by atoms with Crippen molar-refractivity contribution >= 4 is 11.6 Å². The van der Waals surface area contributed by atoms with E-state index in [1.54, 1.807) is 6.07 Å². The standard InChI is InChI=1S/C14H18N2O2/c15-12-2-1-11-9-16(14(17)13(11)7-12)8-10-3-5-18-6-4-10/h1-2,7,10H,3-6,8-9,15H2. The molecule has 0 aliphatic carbocycles. The predicted molar refractivity (Wildman–Crippen MR) is 69.1 cm³/mol. The van der Waals surface area contributed by atoms with Gasteiger partial charge in [0.25, 0.3) is 5.91 Å². The van der Waals surface area contributed by atoms with Crippen molar-refractivity contribution in [3.8, 4) is 0 Å². The summed E-state index contributed by atoms with van der Waals surface area (Å²) in [5.74, 6) is 0.707. The van der Waals surface area contributed by atoms with Gasteiger partial charge in [-0.3, -0.25) is 4.79 Å². The summed E-state index contributed by atoms with van der Waals surface area (Å²) < 4.78 is 5.35. The minimum atomic E-state index is 0.129. The molecule has 96 valence electrons. The molecule has 1 amide bonds. The molecule has 1 fully saturated rings. The van der Waals surface area contributed by atoms with Crippen molar-refractivity contribution in [3.05, 3.63) is 29.3 Å². The smallest absolute Gasteiger partial charge is 0.254 e. The van der Waals surface area contributed by atoms with Crippen molar-refractivity contribution in [2.75, 3.05) is 25.5 Å². The Labute approximate surface area is 107 Å². The van der Waals surface area contributed by atoms with Crippen molar-refractivity contribution in [2.45, 2.75) is 19.4 Å². The van der Waals surface area contributed by atoms with E-state index in [0.29, 0.717) is 11.6 Å². The number of nitrogens with zero attached hydrogens (tertiary/aromatic N) is 1. The molecule has 2 N–H and O–H groups in total. The summed E-state index contributed by atoms with van der Waals surface area (Å²) in [7, 11) is 0. The Morgan fingerprint density at radius 1 is 1.33 bits per heavy atom. The first-order chi connectivity index (χ1) is 8.74. The van der Waals surface area contributed by atoms with E-state index < -0.39 is 0 Å². The third-order valence-corrected chi connectivity index (χ3v) is 3.83. The minimum Gasteiger partial charge on any atom is -0.399 e. The Kier molecular flexibility index (Phi) is 2.96. The Morgan fingerprint density at radius 3 is 2.89 bits per heavy atom. The fourth-order valence-corrected chi connectivity index (χ4v) is 2.77. The molecule has 1 aromatic carbocycles. The molecule has 0 spiro atoms. The van der Waals surface area contributed by atoms with Gasteiger partial charge < -0.3 is 15.4 Å². The van der Waals surface area contributed by atoms with E-state index in [9.17, 15) is 4.79 Å². The molecular formula is C14H18N2O2. The zero-order chi connectivity index (χ0) is 12.5. The summed E-state index contributed by atoms with van der Waals surface area (Å²) in [6.45, 7) is 3.22. The highest BCUT2D eigenvalue weighted by molar-refractivity contribution is 5.99. The number of fused-ring (bicyclic) bond motifs is 1.